The number of carbonyl (C=O) groups is 1. The van der Waals surface area contributed by atoms with Crippen molar-refractivity contribution in [2.75, 3.05) is 37.9 Å². The third-order valence-electron chi connectivity index (χ3n) is 2.77. The lowest BCUT2D eigenvalue weighted by molar-refractivity contribution is -0.138. The SMILES string of the molecule is CCN(C(=O)COCCO)C1CCS(=O)(=O)C1. The minimum atomic E-state index is -2.98. The van der Waals surface area contributed by atoms with Gasteiger partial charge in [0.25, 0.3) is 0 Å². The van der Waals surface area contributed by atoms with Crippen molar-refractivity contribution in [2.24, 2.45) is 0 Å². The number of hydrogen-bond donors (Lipinski definition) is 1. The van der Waals surface area contributed by atoms with Crippen LogP contribution in [0, 0.1) is 0 Å². The van der Waals surface area contributed by atoms with Gasteiger partial charge in [0.1, 0.15) is 6.61 Å². The number of aliphatic hydroxyl groups is 1. The van der Waals surface area contributed by atoms with Crippen molar-refractivity contribution in [3.05, 3.63) is 0 Å². The van der Waals surface area contributed by atoms with Crippen molar-refractivity contribution >= 4 is 15.7 Å². The third kappa shape index (κ3) is 4.25. The maximum atomic E-state index is 11.8. The summed E-state index contributed by atoms with van der Waals surface area (Å²) >= 11 is 0. The van der Waals surface area contributed by atoms with E-state index in [0.717, 1.165) is 0 Å². The smallest absolute Gasteiger partial charge is 0.248 e. The summed E-state index contributed by atoms with van der Waals surface area (Å²) in [6, 6.07) is -0.227. The lowest BCUT2D eigenvalue weighted by Crippen LogP contribution is -2.43. The van der Waals surface area contributed by atoms with Crippen molar-refractivity contribution in [3.8, 4) is 0 Å². The van der Waals surface area contributed by atoms with Crippen LogP contribution in [0.4, 0.5) is 0 Å². The van der Waals surface area contributed by atoms with Gasteiger partial charge in [0.05, 0.1) is 24.7 Å². The van der Waals surface area contributed by atoms with E-state index in [-0.39, 0.29) is 43.3 Å². The molecule has 1 N–H and O–H groups in total. The molecule has 1 atom stereocenters. The van der Waals surface area contributed by atoms with E-state index in [4.69, 9.17) is 9.84 Å². The van der Waals surface area contributed by atoms with Gasteiger partial charge in [-0.3, -0.25) is 4.79 Å². The van der Waals surface area contributed by atoms with Gasteiger partial charge in [-0.05, 0) is 13.3 Å². The highest BCUT2D eigenvalue weighted by atomic mass is 32.2. The zero-order valence-electron chi connectivity index (χ0n) is 9.96. The maximum absolute atomic E-state index is 11.8. The average molecular weight is 265 g/mol. The number of carbonyl (C=O) groups excluding carboxylic acids is 1. The molecule has 0 bridgehead atoms. The first kappa shape index (κ1) is 14.4. The molecule has 0 aliphatic carbocycles. The van der Waals surface area contributed by atoms with E-state index in [9.17, 15) is 13.2 Å². The van der Waals surface area contributed by atoms with Gasteiger partial charge in [0.2, 0.25) is 5.91 Å². The second kappa shape index (κ2) is 6.32. The average Bonchev–Trinajstić information content (AvgIpc) is 2.60. The zero-order valence-corrected chi connectivity index (χ0v) is 10.8. The fourth-order valence-corrected chi connectivity index (χ4v) is 3.70. The summed E-state index contributed by atoms with van der Waals surface area (Å²) in [7, 11) is -2.98. The monoisotopic (exact) mass is 265 g/mol. The molecule has 0 radical (unpaired) electrons. The Bertz CT molecular complexity index is 354. The van der Waals surface area contributed by atoms with Gasteiger partial charge in [-0.15, -0.1) is 0 Å². The summed E-state index contributed by atoms with van der Waals surface area (Å²) in [6.07, 6.45) is 0.502. The first-order valence-corrected chi connectivity index (χ1v) is 7.50. The van der Waals surface area contributed by atoms with Crippen LogP contribution in [0.3, 0.4) is 0 Å². The van der Waals surface area contributed by atoms with Crippen molar-refractivity contribution in [1.29, 1.82) is 0 Å². The summed E-state index contributed by atoms with van der Waals surface area (Å²) in [6.45, 7) is 2.17. The van der Waals surface area contributed by atoms with Crippen LogP contribution >= 0.6 is 0 Å². The van der Waals surface area contributed by atoms with Crippen molar-refractivity contribution in [2.45, 2.75) is 19.4 Å². The van der Waals surface area contributed by atoms with Gasteiger partial charge in [-0.25, -0.2) is 8.42 Å². The molecule has 1 amide bonds. The van der Waals surface area contributed by atoms with E-state index in [0.29, 0.717) is 13.0 Å². The zero-order chi connectivity index (χ0) is 12.9. The molecule has 0 aromatic heterocycles. The molecule has 1 heterocycles. The fourth-order valence-electron chi connectivity index (χ4n) is 1.97. The van der Waals surface area contributed by atoms with Gasteiger partial charge in [-0.1, -0.05) is 0 Å². The van der Waals surface area contributed by atoms with E-state index >= 15 is 0 Å². The first-order valence-electron chi connectivity index (χ1n) is 5.68. The van der Waals surface area contributed by atoms with E-state index in [1.807, 2.05) is 6.92 Å². The molecule has 1 saturated heterocycles. The van der Waals surface area contributed by atoms with Crippen LogP contribution in [-0.4, -0.2) is 68.2 Å². The molecular formula is C10H19NO5S. The van der Waals surface area contributed by atoms with Crippen molar-refractivity contribution < 1.29 is 23.1 Å². The highest BCUT2D eigenvalue weighted by molar-refractivity contribution is 7.91. The molecular weight excluding hydrogens is 246 g/mol. The van der Waals surface area contributed by atoms with Gasteiger partial charge < -0.3 is 14.7 Å². The molecule has 1 fully saturated rings. The number of amides is 1. The van der Waals surface area contributed by atoms with Crippen LogP contribution in [0.1, 0.15) is 13.3 Å². The molecule has 1 aliphatic heterocycles. The number of sulfone groups is 1. The summed E-state index contributed by atoms with van der Waals surface area (Å²) in [5.74, 6) is -0.0195. The number of hydrogen-bond acceptors (Lipinski definition) is 5. The number of aliphatic hydroxyl groups excluding tert-OH is 1. The van der Waals surface area contributed by atoms with E-state index in [2.05, 4.69) is 0 Å². The molecule has 0 aromatic rings. The standard InChI is InChI=1S/C10H19NO5S/c1-2-11(10(13)7-16-5-4-12)9-3-6-17(14,15)8-9/h9,12H,2-8H2,1H3. The van der Waals surface area contributed by atoms with Gasteiger partial charge >= 0.3 is 0 Å². The molecule has 1 unspecified atom stereocenters. The first-order chi connectivity index (χ1) is 8.00. The lowest BCUT2D eigenvalue weighted by atomic mass is 10.2. The Kier molecular flexibility index (Phi) is 5.35. The molecule has 1 rings (SSSR count). The number of nitrogens with zero attached hydrogens (tertiary/aromatic N) is 1. The van der Waals surface area contributed by atoms with Crippen LogP contribution in [0.25, 0.3) is 0 Å². The summed E-state index contributed by atoms with van der Waals surface area (Å²) < 4.78 is 27.6. The maximum Gasteiger partial charge on any atom is 0.248 e. The Morgan fingerprint density at radius 1 is 1.53 bits per heavy atom. The Hall–Kier alpha value is -0.660. The Morgan fingerprint density at radius 2 is 2.24 bits per heavy atom. The second-order valence-electron chi connectivity index (χ2n) is 4.01. The van der Waals surface area contributed by atoms with E-state index in [1.165, 1.54) is 0 Å². The highest BCUT2D eigenvalue weighted by Gasteiger charge is 2.33. The molecule has 0 aromatic carbocycles. The van der Waals surface area contributed by atoms with E-state index < -0.39 is 9.84 Å². The van der Waals surface area contributed by atoms with Crippen LogP contribution in [0.15, 0.2) is 0 Å². The molecule has 0 spiro atoms. The van der Waals surface area contributed by atoms with Crippen molar-refractivity contribution in [1.82, 2.24) is 4.90 Å². The van der Waals surface area contributed by atoms with Gasteiger partial charge in [0.15, 0.2) is 9.84 Å². The number of ether oxygens (including phenoxy) is 1. The number of rotatable bonds is 6. The predicted molar refractivity (Wildman–Crippen MR) is 62.4 cm³/mol. The predicted octanol–water partition coefficient (Wildman–Crippen LogP) is -0.969. The van der Waals surface area contributed by atoms with Crippen LogP contribution in [0.5, 0.6) is 0 Å². The Balaban J connectivity index is 2.50. The summed E-state index contributed by atoms with van der Waals surface area (Å²) in [5, 5.41) is 8.53. The van der Waals surface area contributed by atoms with Crippen LogP contribution < -0.4 is 0 Å². The molecule has 17 heavy (non-hydrogen) atoms. The molecule has 100 valence electrons. The second-order valence-corrected chi connectivity index (χ2v) is 6.24. The topological polar surface area (TPSA) is 83.9 Å². The Morgan fingerprint density at radius 3 is 2.71 bits per heavy atom. The summed E-state index contributed by atoms with van der Waals surface area (Å²) in [4.78, 5) is 13.3. The van der Waals surface area contributed by atoms with Crippen LogP contribution in [-0.2, 0) is 19.4 Å². The molecule has 0 saturated carbocycles. The number of likely N-dealkylation sites (N-methyl/N-ethyl adjacent to an activating group) is 1. The van der Waals surface area contributed by atoms with Crippen LogP contribution in [0.2, 0.25) is 0 Å². The van der Waals surface area contributed by atoms with Crippen molar-refractivity contribution in [3.63, 3.8) is 0 Å². The Labute approximate surface area is 101 Å². The van der Waals surface area contributed by atoms with Gasteiger partial charge in [-0.2, -0.15) is 0 Å². The quantitative estimate of drug-likeness (QED) is 0.625. The normalized spacial score (nSPS) is 22.6. The molecule has 7 heteroatoms. The minimum Gasteiger partial charge on any atom is -0.394 e. The third-order valence-corrected chi connectivity index (χ3v) is 4.52. The fraction of sp³-hybridized carbons (Fsp3) is 0.900. The summed E-state index contributed by atoms with van der Waals surface area (Å²) in [5.41, 5.74) is 0. The van der Waals surface area contributed by atoms with E-state index in [1.54, 1.807) is 4.90 Å². The lowest BCUT2D eigenvalue weighted by Gasteiger charge is -2.26. The highest BCUT2D eigenvalue weighted by Crippen LogP contribution is 2.17. The minimum absolute atomic E-state index is 0.0482. The van der Waals surface area contributed by atoms with Gasteiger partial charge in [0, 0.05) is 12.6 Å². The molecule has 1 aliphatic rings. The molecule has 6 nitrogen and oxygen atoms in total. The largest absolute Gasteiger partial charge is 0.394 e.